The lowest BCUT2D eigenvalue weighted by Crippen LogP contribution is -2.14. The molecular formula is C19H14ClN3O3. The van der Waals surface area contributed by atoms with Crippen molar-refractivity contribution in [3.63, 3.8) is 0 Å². The predicted octanol–water partition coefficient (Wildman–Crippen LogP) is 4.64. The number of nitrogens with zero attached hydrogens (tertiary/aromatic N) is 2. The molecule has 0 amide bonds. The number of furan rings is 1. The molecule has 4 aromatic rings. The van der Waals surface area contributed by atoms with E-state index in [1.54, 1.807) is 43.6 Å². The summed E-state index contributed by atoms with van der Waals surface area (Å²) in [7, 11) is 0. The van der Waals surface area contributed by atoms with E-state index in [-0.39, 0.29) is 5.56 Å². The van der Waals surface area contributed by atoms with Crippen molar-refractivity contribution in [3.8, 4) is 22.8 Å². The Morgan fingerprint density at radius 1 is 1.19 bits per heavy atom. The van der Waals surface area contributed by atoms with Crippen molar-refractivity contribution in [1.82, 2.24) is 15.2 Å². The van der Waals surface area contributed by atoms with Gasteiger partial charge >= 0.3 is 0 Å². The molecule has 0 atom stereocenters. The van der Waals surface area contributed by atoms with E-state index in [0.29, 0.717) is 33.5 Å². The Balaban J connectivity index is 1.75. The second kappa shape index (κ2) is 6.31. The highest BCUT2D eigenvalue weighted by molar-refractivity contribution is 6.33. The van der Waals surface area contributed by atoms with Gasteiger partial charge in [0.05, 0.1) is 22.4 Å². The molecule has 130 valence electrons. The van der Waals surface area contributed by atoms with Gasteiger partial charge in [-0.2, -0.15) is 5.10 Å². The van der Waals surface area contributed by atoms with E-state index >= 15 is 0 Å². The molecule has 26 heavy (non-hydrogen) atoms. The summed E-state index contributed by atoms with van der Waals surface area (Å²) < 4.78 is 11.2. The van der Waals surface area contributed by atoms with Crippen LogP contribution < -0.4 is 10.3 Å². The molecule has 0 aliphatic carbocycles. The van der Waals surface area contributed by atoms with E-state index in [1.807, 2.05) is 13.0 Å². The van der Waals surface area contributed by atoms with E-state index in [0.717, 1.165) is 16.5 Å². The molecule has 3 heterocycles. The molecule has 0 radical (unpaired) electrons. The van der Waals surface area contributed by atoms with E-state index in [4.69, 9.17) is 20.8 Å². The van der Waals surface area contributed by atoms with Gasteiger partial charge in [0.2, 0.25) is 5.88 Å². The normalized spacial score (nSPS) is 11.0. The van der Waals surface area contributed by atoms with Crippen LogP contribution in [-0.2, 0) is 0 Å². The Bertz CT molecular complexity index is 1180. The highest BCUT2D eigenvalue weighted by Gasteiger charge is 2.15. The second-order valence-corrected chi connectivity index (χ2v) is 6.24. The number of aryl methyl sites for hydroxylation is 1. The molecule has 3 aromatic heterocycles. The zero-order valence-corrected chi connectivity index (χ0v) is 14.8. The first-order valence-electron chi connectivity index (χ1n) is 7.90. The van der Waals surface area contributed by atoms with Crippen LogP contribution in [0.15, 0.2) is 52.0 Å². The summed E-state index contributed by atoms with van der Waals surface area (Å²) in [6, 6.07) is 8.84. The van der Waals surface area contributed by atoms with Crippen LogP contribution in [0.1, 0.15) is 11.3 Å². The molecule has 4 rings (SSSR count). The summed E-state index contributed by atoms with van der Waals surface area (Å²) in [4.78, 5) is 16.1. The summed E-state index contributed by atoms with van der Waals surface area (Å²) in [5.41, 5.74) is 3.17. The Hall–Kier alpha value is -3.12. The summed E-state index contributed by atoms with van der Waals surface area (Å²) in [6.07, 6.45) is 3.20. The van der Waals surface area contributed by atoms with Crippen LogP contribution >= 0.6 is 11.6 Å². The number of rotatable bonds is 3. The minimum Gasteiger partial charge on any atom is -0.464 e. The molecule has 7 heteroatoms. The maximum atomic E-state index is 11.9. The average molecular weight is 368 g/mol. The third kappa shape index (κ3) is 2.74. The first-order chi connectivity index (χ1) is 12.5. The molecule has 1 aromatic carbocycles. The third-order valence-electron chi connectivity index (χ3n) is 4.17. The van der Waals surface area contributed by atoms with Gasteiger partial charge in [0, 0.05) is 29.0 Å². The number of aromatic nitrogens is 3. The first kappa shape index (κ1) is 16.4. The van der Waals surface area contributed by atoms with Crippen molar-refractivity contribution in [2.75, 3.05) is 0 Å². The molecule has 0 fully saturated rings. The fourth-order valence-corrected chi connectivity index (χ4v) is 3.15. The number of fused-ring (bicyclic) bond motifs is 1. The topological polar surface area (TPSA) is 81.0 Å². The van der Waals surface area contributed by atoms with Crippen LogP contribution in [0.4, 0.5) is 0 Å². The molecule has 0 saturated carbocycles. The van der Waals surface area contributed by atoms with Crippen LogP contribution in [-0.4, -0.2) is 15.2 Å². The van der Waals surface area contributed by atoms with Crippen molar-refractivity contribution in [2.45, 2.75) is 13.8 Å². The van der Waals surface area contributed by atoms with E-state index in [1.165, 1.54) is 0 Å². The molecule has 0 bridgehead atoms. The van der Waals surface area contributed by atoms with E-state index in [2.05, 4.69) is 15.2 Å². The van der Waals surface area contributed by atoms with E-state index in [9.17, 15) is 4.79 Å². The molecule has 0 aliphatic heterocycles. The first-order valence-corrected chi connectivity index (χ1v) is 8.28. The summed E-state index contributed by atoms with van der Waals surface area (Å²) in [5.74, 6) is 0.971. The maximum Gasteiger partial charge on any atom is 0.267 e. The number of hydrogen-bond donors (Lipinski definition) is 1. The lowest BCUT2D eigenvalue weighted by atomic mass is 10.0. The fraction of sp³-hybridized carbons (Fsp3) is 0.105. The zero-order valence-electron chi connectivity index (χ0n) is 14.0. The highest BCUT2D eigenvalue weighted by atomic mass is 35.5. The number of halogens is 1. The summed E-state index contributed by atoms with van der Waals surface area (Å²) >= 11 is 6.46. The lowest BCUT2D eigenvalue weighted by molar-refractivity contribution is 0.469. The van der Waals surface area contributed by atoms with Gasteiger partial charge in [-0.25, -0.2) is 10.1 Å². The third-order valence-corrected chi connectivity index (χ3v) is 4.48. The second-order valence-electron chi connectivity index (χ2n) is 5.83. The molecule has 0 saturated heterocycles. The van der Waals surface area contributed by atoms with Gasteiger partial charge in [-0.15, -0.1) is 0 Å². The van der Waals surface area contributed by atoms with Crippen LogP contribution in [0.25, 0.3) is 22.1 Å². The minimum absolute atomic E-state index is 0.238. The number of hydrogen-bond acceptors (Lipinski definition) is 5. The van der Waals surface area contributed by atoms with Crippen LogP contribution in [0.3, 0.4) is 0 Å². The van der Waals surface area contributed by atoms with Gasteiger partial charge in [0.15, 0.2) is 0 Å². The largest absolute Gasteiger partial charge is 0.464 e. The number of nitrogens with one attached hydrogen (secondary N) is 1. The molecule has 0 spiro atoms. The molecular weight excluding hydrogens is 354 g/mol. The van der Waals surface area contributed by atoms with Crippen LogP contribution in [0, 0.1) is 13.8 Å². The van der Waals surface area contributed by atoms with Gasteiger partial charge in [-0.05, 0) is 38.1 Å². The highest BCUT2D eigenvalue weighted by Crippen LogP contribution is 2.35. The number of H-pyrrole nitrogens is 1. The number of benzene rings is 1. The van der Waals surface area contributed by atoms with Crippen molar-refractivity contribution in [3.05, 3.63) is 69.4 Å². The van der Waals surface area contributed by atoms with Gasteiger partial charge in [-0.3, -0.25) is 4.79 Å². The van der Waals surface area contributed by atoms with Crippen molar-refractivity contribution < 1.29 is 9.15 Å². The van der Waals surface area contributed by atoms with Crippen LogP contribution in [0.5, 0.6) is 11.6 Å². The maximum absolute atomic E-state index is 11.9. The van der Waals surface area contributed by atoms with Crippen molar-refractivity contribution in [1.29, 1.82) is 0 Å². The number of pyridine rings is 1. The average Bonchev–Trinajstić information content (AvgIpc) is 3.10. The van der Waals surface area contributed by atoms with Crippen molar-refractivity contribution in [2.24, 2.45) is 0 Å². The Kier molecular flexibility index (Phi) is 3.97. The molecule has 1 N–H and O–H groups in total. The fourth-order valence-electron chi connectivity index (χ4n) is 2.88. The number of ether oxygens (including phenoxy) is 1. The SMILES string of the molecule is Cc1n[nH]c(=O)c(C)c1-c1ccc(Oc2nccc3occc23)cc1Cl. The lowest BCUT2D eigenvalue weighted by Gasteiger charge is -2.12. The molecule has 0 aliphatic rings. The minimum atomic E-state index is -0.238. The van der Waals surface area contributed by atoms with Crippen LogP contribution in [0.2, 0.25) is 5.02 Å². The van der Waals surface area contributed by atoms with E-state index < -0.39 is 0 Å². The number of aromatic amines is 1. The summed E-state index contributed by atoms with van der Waals surface area (Å²) in [6.45, 7) is 3.57. The zero-order chi connectivity index (χ0) is 18.3. The monoisotopic (exact) mass is 367 g/mol. The Labute approximate surface area is 153 Å². The standard InChI is InChI=1S/C19H14ClN3O3/c1-10-17(11(2)22-23-18(10)24)13-4-3-12(9-15(13)20)26-19-14-6-8-25-16(14)5-7-21-19/h3-9H,1-2H3,(H,23,24). The smallest absolute Gasteiger partial charge is 0.267 e. The Morgan fingerprint density at radius 3 is 2.85 bits per heavy atom. The predicted molar refractivity (Wildman–Crippen MR) is 98.9 cm³/mol. The van der Waals surface area contributed by atoms with Gasteiger partial charge in [0.1, 0.15) is 11.3 Å². The quantitative estimate of drug-likeness (QED) is 0.570. The molecule has 6 nitrogen and oxygen atoms in total. The Morgan fingerprint density at radius 2 is 2.04 bits per heavy atom. The molecule has 0 unspecified atom stereocenters. The van der Waals surface area contributed by atoms with Crippen molar-refractivity contribution >= 4 is 22.6 Å². The summed E-state index contributed by atoms with van der Waals surface area (Å²) in [5, 5.41) is 7.73. The van der Waals surface area contributed by atoms with Gasteiger partial charge in [0.25, 0.3) is 5.56 Å². The van der Waals surface area contributed by atoms with Gasteiger partial charge in [-0.1, -0.05) is 11.6 Å². The van der Waals surface area contributed by atoms with Gasteiger partial charge < -0.3 is 9.15 Å².